The molecule has 4 nitrogen and oxygen atoms in total. The van der Waals surface area contributed by atoms with Crippen LogP contribution in [0.15, 0.2) is 0 Å². The minimum atomic E-state index is -1.12. The molecule has 4 unspecified atom stereocenters. The fourth-order valence-corrected chi connectivity index (χ4v) is 5.60. The molecule has 0 aromatic heterocycles. The lowest BCUT2D eigenvalue weighted by Crippen LogP contribution is -2.56. The van der Waals surface area contributed by atoms with E-state index < -0.39 is 22.8 Å². The van der Waals surface area contributed by atoms with E-state index in [1.165, 1.54) is 0 Å². The zero-order valence-corrected chi connectivity index (χ0v) is 18.8. The van der Waals surface area contributed by atoms with Crippen molar-refractivity contribution in [3.8, 4) is 0 Å². The maximum absolute atomic E-state index is 12.7. The third kappa shape index (κ3) is 5.51. The topological polar surface area (TPSA) is 74.6 Å². The van der Waals surface area contributed by atoms with Crippen LogP contribution in [0.2, 0.25) is 0 Å². The summed E-state index contributed by atoms with van der Waals surface area (Å²) in [5.74, 6) is -1.14. The molecule has 0 bridgehead atoms. The third-order valence-electron chi connectivity index (χ3n) is 7.55. The molecule has 0 amide bonds. The number of hydrogen-bond donors (Lipinski definition) is 2. The van der Waals surface area contributed by atoms with Gasteiger partial charge in [-0.25, -0.2) is 0 Å². The predicted octanol–water partition coefficient (Wildman–Crippen LogP) is 6.92. The van der Waals surface area contributed by atoms with Crippen molar-refractivity contribution in [1.82, 2.24) is 0 Å². The van der Waals surface area contributed by atoms with Crippen LogP contribution in [0.4, 0.5) is 0 Å². The van der Waals surface area contributed by atoms with Gasteiger partial charge in [0, 0.05) is 0 Å². The highest BCUT2D eigenvalue weighted by Crippen LogP contribution is 2.58. The SMILES string of the molecule is CCCCC(CC)CC1(C(=O)O)CCCCC1(CC(CC)CCCC)C(=O)O. The highest BCUT2D eigenvalue weighted by atomic mass is 16.4. The normalized spacial score (nSPS) is 27.3. The molecule has 1 rings (SSSR count). The van der Waals surface area contributed by atoms with Crippen LogP contribution in [0.5, 0.6) is 0 Å². The molecule has 0 aliphatic heterocycles. The lowest BCUT2D eigenvalue weighted by atomic mass is 9.50. The summed E-state index contributed by atoms with van der Waals surface area (Å²) in [6.07, 6.45) is 12.0. The van der Waals surface area contributed by atoms with E-state index in [4.69, 9.17) is 0 Å². The van der Waals surface area contributed by atoms with E-state index >= 15 is 0 Å². The zero-order valence-electron chi connectivity index (χ0n) is 18.8. The van der Waals surface area contributed by atoms with Gasteiger partial charge in [-0.1, -0.05) is 91.9 Å². The van der Waals surface area contributed by atoms with Gasteiger partial charge in [0.2, 0.25) is 0 Å². The van der Waals surface area contributed by atoms with Crippen molar-refractivity contribution in [3.63, 3.8) is 0 Å². The summed E-state index contributed by atoms with van der Waals surface area (Å²) in [4.78, 5) is 25.5. The van der Waals surface area contributed by atoms with Crippen LogP contribution >= 0.6 is 0 Å². The Balaban J connectivity index is 3.33. The number of hydrogen-bond acceptors (Lipinski definition) is 2. The van der Waals surface area contributed by atoms with E-state index in [0.717, 1.165) is 64.2 Å². The Morgan fingerprint density at radius 1 is 0.750 bits per heavy atom. The molecule has 1 aliphatic carbocycles. The van der Waals surface area contributed by atoms with Gasteiger partial charge in [0.15, 0.2) is 0 Å². The van der Waals surface area contributed by atoms with Gasteiger partial charge in [-0.3, -0.25) is 9.59 Å². The number of unbranched alkanes of at least 4 members (excludes halogenated alkanes) is 2. The number of rotatable bonds is 14. The molecule has 0 aromatic rings. The van der Waals surface area contributed by atoms with Crippen LogP contribution in [-0.4, -0.2) is 22.2 Å². The molecule has 0 heterocycles. The number of carboxylic acids is 2. The van der Waals surface area contributed by atoms with Crippen molar-refractivity contribution in [2.24, 2.45) is 22.7 Å². The molecule has 0 saturated heterocycles. The molecular formula is C24H44O4. The van der Waals surface area contributed by atoms with E-state index in [9.17, 15) is 19.8 Å². The second-order valence-corrected chi connectivity index (χ2v) is 9.22. The fraction of sp³-hybridized carbons (Fsp3) is 0.917. The molecule has 4 heteroatoms. The largest absolute Gasteiger partial charge is 0.481 e. The van der Waals surface area contributed by atoms with Crippen molar-refractivity contribution >= 4 is 11.9 Å². The summed E-state index contributed by atoms with van der Waals surface area (Å²) in [7, 11) is 0. The predicted molar refractivity (Wildman–Crippen MR) is 114 cm³/mol. The van der Waals surface area contributed by atoms with Crippen molar-refractivity contribution < 1.29 is 19.8 Å². The van der Waals surface area contributed by atoms with Crippen LogP contribution in [0.1, 0.15) is 118 Å². The van der Waals surface area contributed by atoms with Gasteiger partial charge in [-0.05, 0) is 37.5 Å². The second-order valence-electron chi connectivity index (χ2n) is 9.22. The molecule has 0 aromatic carbocycles. The molecule has 0 spiro atoms. The first kappa shape index (κ1) is 25.0. The number of carbonyl (C=O) groups is 2. The standard InChI is InChI=1S/C24H44O4/c1-5-9-13-19(7-3)17-23(21(25)26)15-11-12-16-24(23,22(27)28)18-20(8-4)14-10-6-2/h19-20H,5-18H2,1-4H3,(H,25,26)(H,27,28). The van der Waals surface area contributed by atoms with E-state index in [1.54, 1.807) is 0 Å². The van der Waals surface area contributed by atoms with Crippen LogP contribution in [0.3, 0.4) is 0 Å². The van der Waals surface area contributed by atoms with Gasteiger partial charge < -0.3 is 10.2 Å². The maximum Gasteiger partial charge on any atom is 0.310 e. The lowest BCUT2D eigenvalue weighted by Gasteiger charge is -2.51. The summed E-state index contributed by atoms with van der Waals surface area (Å²) in [5.41, 5.74) is -2.24. The number of carboxylic acid groups (broad SMARTS) is 2. The minimum absolute atomic E-state index is 0.295. The van der Waals surface area contributed by atoms with Gasteiger partial charge >= 0.3 is 11.9 Å². The highest BCUT2D eigenvalue weighted by molar-refractivity contribution is 5.87. The van der Waals surface area contributed by atoms with Gasteiger partial charge in [-0.2, -0.15) is 0 Å². The molecular weight excluding hydrogens is 352 g/mol. The first-order chi connectivity index (χ1) is 13.3. The average molecular weight is 397 g/mol. The van der Waals surface area contributed by atoms with E-state index in [-0.39, 0.29) is 0 Å². The number of aliphatic carboxylic acids is 2. The summed E-state index contributed by atoms with van der Waals surface area (Å²) in [6.45, 7) is 8.55. The first-order valence-electron chi connectivity index (χ1n) is 11.8. The average Bonchev–Trinajstić information content (AvgIpc) is 2.68. The third-order valence-corrected chi connectivity index (χ3v) is 7.55. The van der Waals surface area contributed by atoms with Gasteiger partial charge in [0.05, 0.1) is 10.8 Å². The minimum Gasteiger partial charge on any atom is -0.481 e. The van der Waals surface area contributed by atoms with E-state index in [2.05, 4.69) is 27.7 Å². The summed E-state index contributed by atoms with van der Waals surface area (Å²) in [6, 6.07) is 0. The molecule has 1 saturated carbocycles. The Bertz CT molecular complexity index is 445. The monoisotopic (exact) mass is 396 g/mol. The van der Waals surface area contributed by atoms with Gasteiger partial charge in [0.1, 0.15) is 0 Å². The lowest BCUT2D eigenvalue weighted by molar-refractivity contribution is -0.185. The first-order valence-corrected chi connectivity index (χ1v) is 11.8. The molecule has 28 heavy (non-hydrogen) atoms. The Hall–Kier alpha value is -1.06. The van der Waals surface area contributed by atoms with Crippen molar-refractivity contribution in [3.05, 3.63) is 0 Å². The summed E-state index contributed by atoms with van der Waals surface area (Å²) < 4.78 is 0. The molecule has 164 valence electrons. The van der Waals surface area contributed by atoms with Gasteiger partial charge in [-0.15, -0.1) is 0 Å². The zero-order chi connectivity index (χ0) is 21.2. The maximum atomic E-state index is 12.7. The van der Waals surface area contributed by atoms with Crippen molar-refractivity contribution in [2.45, 2.75) is 118 Å². The van der Waals surface area contributed by atoms with Crippen LogP contribution in [0, 0.1) is 22.7 Å². The molecule has 4 atom stereocenters. The Kier molecular flexibility index (Phi) is 10.5. The summed E-state index contributed by atoms with van der Waals surface area (Å²) >= 11 is 0. The van der Waals surface area contributed by atoms with Crippen molar-refractivity contribution in [1.29, 1.82) is 0 Å². The Morgan fingerprint density at radius 2 is 1.11 bits per heavy atom. The van der Waals surface area contributed by atoms with E-state index in [0.29, 0.717) is 37.5 Å². The fourth-order valence-electron chi connectivity index (χ4n) is 5.60. The summed E-state index contributed by atoms with van der Waals surface area (Å²) in [5, 5.41) is 20.9. The van der Waals surface area contributed by atoms with Crippen LogP contribution < -0.4 is 0 Å². The Labute approximate surface area is 172 Å². The molecule has 0 radical (unpaired) electrons. The van der Waals surface area contributed by atoms with Gasteiger partial charge in [0.25, 0.3) is 0 Å². The second kappa shape index (κ2) is 11.8. The Morgan fingerprint density at radius 3 is 1.36 bits per heavy atom. The van der Waals surface area contributed by atoms with E-state index in [1.807, 2.05) is 0 Å². The molecule has 2 N–H and O–H groups in total. The molecule has 1 fully saturated rings. The van der Waals surface area contributed by atoms with Crippen molar-refractivity contribution in [2.75, 3.05) is 0 Å². The quantitative estimate of drug-likeness (QED) is 0.334. The smallest absolute Gasteiger partial charge is 0.310 e. The molecule has 1 aliphatic rings. The van der Waals surface area contributed by atoms with Crippen LogP contribution in [-0.2, 0) is 9.59 Å². The highest BCUT2D eigenvalue weighted by Gasteiger charge is 2.62. The van der Waals surface area contributed by atoms with Crippen LogP contribution in [0.25, 0.3) is 0 Å².